The molecule has 6 nitrogen and oxygen atoms in total. The van der Waals surface area contributed by atoms with Gasteiger partial charge in [0.2, 0.25) is 0 Å². The lowest BCUT2D eigenvalue weighted by Gasteiger charge is -2.16. The van der Waals surface area contributed by atoms with E-state index in [0.717, 1.165) is 5.56 Å². The van der Waals surface area contributed by atoms with Gasteiger partial charge in [-0.1, -0.05) is 28.9 Å². The van der Waals surface area contributed by atoms with Crippen LogP contribution in [0.2, 0.25) is 5.02 Å². The number of nitrogens with one attached hydrogen (secondary N) is 2. The lowest BCUT2D eigenvalue weighted by molar-refractivity contribution is 0.104. The molecule has 0 saturated carbocycles. The molecule has 2 rings (SSSR count). The summed E-state index contributed by atoms with van der Waals surface area (Å²) in [6.45, 7) is 2.45. The van der Waals surface area contributed by atoms with Crippen molar-refractivity contribution in [3.63, 3.8) is 0 Å². The monoisotopic (exact) mass is 323 g/mol. The number of hydrogen-bond donors (Lipinski definition) is 2. The van der Waals surface area contributed by atoms with E-state index in [-0.39, 0.29) is 12.1 Å². The summed E-state index contributed by atoms with van der Waals surface area (Å²) in [6, 6.07) is 8.79. The molecule has 0 bridgehead atoms. The van der Waals surface area contributed by atoms with Crippen LogP contribution < -0.4 is 10.6 Å². The molecule has 0 radical (unpaired) electrons. The number of carbonyl (C=O) groups excluding carboxylic acids is 1. The van der Waals surface area contributed by atoms with Crippen LogP contribution >= 0.6 is 11.6 Å². The lowest BCUT2D eigenvalue weighted by atomic mass is 10.1. The zero-order chi connectivity index (χ0) is 15.9. The van der Waals surface area contributed by atoms with E-state index in [1.54, 1.807) is 32.2 Å². The lowest BCUT2D eigenvalue weighted by Crippen LogP contribution is -2.37. The van der Waals surface area contributed by atoms with E-state index in [9.17, 15) is 4.79 Å². The fraction of sp³-hybridized carbons (Fsp3) is 0.333. The molecule has 22 heavy (non-hydrogen) atoms. The molecule has 0 aliphatic rings. The first-order chi connectivity index (χ1) is 10.6. The standard InChI is InChI=1S/C15H18ClN3O3/c1-10-7-13(19-22-10)8-17-15(20)18-9-14(21-2)11-3-5-12(16)6-4-11/h3-7,14H,8-9H2,1-2H3,(H2,17,18,20)/t14-/m0/s1. The Morgan fingerprint density at radius 1 is 1.36 bits per heavy atom. The summed E-state index contributed by atoms with van der Waals surface area (Å²) >= 11 is 5.85. The number of nitrogens with zero attached hydrogens (tertiary/aromatic N) is 1. The zero-order valence-corrected chi connectivity index (χ0v) is 13.2. The number of methoxy groups -OCH3 is 1. The quantitative estimate of drug-likeness (QED) is 0.857. The first-order valence-electron chi connectivity index (χ1n) is 6.80. The normalized spacial score (nSPS) is 12.0. The molecule has 0 unspecified atom stereocenters. The maximum atomic E-state index is 11.8. The van der Waals surface area contributed by atoms with Crippen molar-refractivity contribution in [2.75, 3.05) is 13.7 Å². The zero-order valence-electron chi connectivity index (χ0n) is 12.4. The number of aryl methyl sites for hydroxylation is 1. The highest BCUT2D eigenvalue weighted by Gasteiger charge is 2.12. The van der Waals surface area contributed by atoms with Crippen LogP contribution in [-0.2, 0) is 11.3 Å². The van der Waals surface area contributed by atoms with Gasteiger partial charge in [-0.15, -0.1) is 0 Å². The molecule has 1 atom stereocenters. The van der Waals surface area contributed by atoms with E-state index in [2.05, 4.69) is 15.8 Å². The fourth-order valence-corrected chi connectivity index (χ4v) is 2.06. The van der Waals surface area contributed by atoms with E-state index in [4.69, 9.17) is 20.9 Å². The summed E-state index contributed by atoms with van der Waals surface area (Å²) in [5, 5.41) is 9.92. The average molecular weight is 324 g/mol. The Morgan fingerprint density at radius 3 is 2.68 bits per heavy atom. The van der Waals surface area contributed by atoms with Gasteiger partial charge in [0, 0.05) is 24.7 Å². The molecule has 1 aromatic carbocycles. The van der Waals surface area contributed by atoms with Crippen molar-refractivity contribution >= 4 is 17.6 Å². The Bertz CT molecular complexity index is 613. The minimum Gasteiger partial charge on any atom is -0.375 e. The van der Waals surface area contributed by atoms with Gasteiger partial charge in [0.1, 0.15) is 11.5 Å². The van der Waals surface area contributed by atoms with E-state index in [0.29, 0.717) is 29.6 Å². The molecular formula is C15H18ClN3O3. The Labute approximate surface area is 133 Å². The number of hydrogen-bond acceptors (Lipinski definition) is 4. The Morgan fingerprint density at radius 2 is 2.09 bits per heavy atom. The third-order valence-electron chi connectivity index (χ3n) is 3.08. The molecular weight excluding hydrogens is 306 g/mol. The molecule has 0 saturated heterocycles. The molecule has 2 N–H and O–H groups in total. The molecule has 2 amide bonds. The average Bonchev–Trinajstić information content (AvgIpc) is 2.93. The van der Waals surface area contributed by atoms with Crippen LogP contribution in [0, 0.1) is 6.92 Å². The largest absolute Gasteiger partial charge is 0.375 e. The Hall–Kier alpha value is -2.05. The van der Waals surface area contributed by atoms with Crippen molar-refractivity contribution in [3.8, 4) is 0 Å². The summed E-state index contributed by atoms with van der Waals surface area (Å²) < 4.78 is 10.3. The van der Waals surface area contributed by atoms with E-state index in [1.807, 2.05) is 12.1 Å². The predicted molar refractivity (Wildman–Crippen MR) is 82.7 cm³/mol. The molecule has 7 heteroatoms. The van der Waals surface area contributed by atoms with Crippen molar-refractivity contribution in [1.82, 2.24) is 15.8 Å². The van der Waals surface area contributed by atoms with E-state index >= 15 is 0 Å². The van der Waals surface area contributed by atoms with Crippen LogP contribution in [0.4, 0.5) is 4.79 Å². The van der Waals surface area contributed by atoms with Crippen LogP contribution in [0.5, 0.6) is 0 Å². The van der Waals surface area contributed by atoms with Crippen molar-refractivity contribution in [3.05, 3.63) is 52.4 Å². The van der Waals surface area contributed by atoms with Crippen LogP contribution in [0.1, 0.15) is 23.1 Å². The highest BCUT2D eigenvalue weighted by atomic mass is 35.5. The number of urea groups is 1. The molecule has 2 aromatic rings. The summed E-state index contributed by atoms with van der Waals surface area (Å²) in [4.78, 5) is 11.8. The van der Waals surface area contributed by atoms with Crippen molar-refractivity contribution < 1.29 is 14.1 Å². The highest BCUT2D eigenvalue weighted by Crippen LogP contribution is 2.18. The number of benzene rings is 1. The SMILES string of the molecule is CO[C@@H](CNC(=O)NCc1cc(C)on1)c1ccc(Cl)cc1. The number of rotatable bonds is 6. The second-order valence-electron chi connectivity index (χ2n) is 4.77. The van der Waals surface area contributed by atoms with Crippen molar-refractivity contribution in [2.24, 2.45) is 0 Å². The summed E-state index contributed by atoms with van der Waals surface area (Å²) in [5.74, 6) is 0.708. The predicted octanol–water partition coefficient (Wildman–Crippen LogP) is 2.82. The smallest absolute Gasteiger partial charge is 0.315 e. The number of halogens is 1. The van der Waals surface area contributed by atoms with Gasteiger partial charge in [0.05, 0.1) is 12.6 Å². The van der Waals surface area contributed by atoms with Gasteiger partial charge in [0.15, 0.2) is 0 Å². The van der Waals surface area contributed by atoms with Gasteiger partial charge in [-0.05, 0) is 24.6 Å². The van der Waals surface area contributed by atoms with Gasteiger partial charge in [-0.25, -0.2) is 4.79 Å². The third-order valence-corrected chi connectivity index (χ3v) is 3.33. The number of carbonyl (C=O) groups is 1. The maximum absolute atomic E-state index is 11.8. The topological polar surface area (TPSA) is 76.4 Å². The third kappa shape index (κ3) is 4.75. The van der Waals surface area contributed by atoms with Crippen LogP contribution in [0.3, 0.4) is 0 Å². The highest BCUT2D eigenvalue weighted by molar-refractivity contribution is 6.30. The molecule has 1 heterocycles. The second-order valence-corrected chi connectivity index (χ2v) is 5.20. The number of aromatic nitrogens is 1. The van der Waals surface area contributed by atoms with Gasteiger partial charge >= 0.3 is 6.03 Å². The summed E-state index contributed by atoms with van der Waals surface area (Å²) in [7, 11) is 1.59. The Kier molecular flexibility index (Phi) is 5.80. The van der Waals surface area contributed by atoms with Crippen LogP contribution in [0.25, 0.3) is 0 Å². The summed E-state index contributed by atoms with van der Waals surface area (Å²) in [5.41, 5.74) is 1.62. The maximum Gasteiger partial charge on any atom is 0.315 e. The number of ether oxygens (including phenoxy) is 1. The Balaban J connectivity index is 1.79. The molecule has 0 fully saturated rings. The van der Waals surface area contributed by atoms with Gasteiger partial charge < -0.3 is 19.9 Å². The van der Waals surface area contributed by atoms with Crippen molar-refractivity contribution in [2.45, 2.75) is 19.6 Å². The van der Waals surface area contributed by atoms with Crippen molar-refractivity contribution in [1.29, 1.82) is 0 Å². The van der Waals surface area contributed by atoms with Gasteiger partial charge in [-0.2, -0.15) is 0 Å². The molecule has 1 aromatic heterocycles. The minimum atomic E-state index is -0.295. The van der Waals surface area contributed by atoms with E-state index in [1.165, 1.54) is 0 Å². The minimum absolute atomic E-state index is 0.239. The molecule has 118 valence electrons. The van der Waals surface area contributed by atoms with Crippen LogP contribution in [0.15, 0.2) is 34.9 Å². The number of amides is 2. The van der Waals surface area contributed by atoms with Gasteiger partial charge in [0.25, 0.3) is 0 Å². The second kappa shape index (κ2) is 7.82. The first-order valence-corrected chi connectivity index (χ1v) is 7.18. The summed E-state index contributed by atoms with van der Waals surface area (Å²) in [6.07, 6.45) is -0.239. The molecule has 0 spiro atoms. The molecule has 0 aliphatic heterocycles. The molecule has 0 aliphatic carbocycles. The van der Waals surface area contributed by atoms with Crippen LogP contribution in [-0.4, -0.2) is 24.8 Å². The van der Waals surface area contributed by atoms with Gasteiger partial charge in [-0.3, -0.25) is 0 Å². The van der Waals surface area contributed by atoms with E-state index < -0.39 is 0 Å². The fourth-order valence-electron chi connectivity index (χ4n) is 1.93. The first kappa shape index (κ1) is 16.3.